The number of nitrogens with one attached hydrogen (secondary N) is 2. The number of amides is 3. The topological polar surface area (TPSA) is 169 Å². The Kier molecular flexibility index (Phi) is 11.7. The number of hydrogen-bond donors (Lipinski definition) is 5. The monoisotopic (exact) mass is 667 g/mol. The summed E-state index contributed by atoms with van der Waals surface area (Å²) in [6.07, 6.45) is 0. The van der Waals surface area contributed by atoms with Gasteiger partial charge in [-0.05, 0) is 45.5 Å². The number of rotatable bonds is 13. The molecule has 0 saturated heterocycles. The molecule has 0 fully saturated rings. The Morgan fingerprint density at radius 3 is 1.80 bits per heavy atom. The lowest BCUT2D eigenvalue weighted by molar-refractivity contribution is -0.129. The fraction of sp³-hybridized carbons (Fsp3) is 0.150. The van der Waals surface area contributed by atoms with Crippen molar-refractivity contribution >= 4 is 29.4 Å². The van der Waals surface area contributed by atoms with Crippen LogP contribution in [0.4, 0.5) is 5.69 Å². The minimum atomic E-state index is -1.07. The van der Waals surface area contributed by atoms with Crippen molar-refractivity contribution in [3.8, 4) is 0 Å². The maximum absolute atomic E-state index is 14.2. The van der Waals surface area contributed by atoms with Crippen molar-refractivity contribution in [1.82, 2.24) is 15.5 Å². The first-order valence-electron chi connectivity index (χ1n) is 16.2. The van der Waals surface area contributed by atoms with Gasteiger partial charge in [0, 0.05) is 20.1 Å². The molecule has 0 spiro atoms. The molecule has 254 valence electrons. The molecule has 0 bridgehead atoms. The number of primary amides is 1. The molecule has 0 aliphatic carbocycles. The van der Waals surface area contributed by atoms with Crippen LogP contribution in [0, 0.1) is 0 Å². The number of nitrogens with zero attached hydrogens (tertiary/aromatic N) is 2. The van der Waals surface area contributed by atoms with E-state index in [1.807, 2.05) is 103 Å². The summed E-state index contributed by atoms with van der Waals surface area (Å²) in [5.74, 6) is -1.78. The maximum atomic E-state index is 14.2. The zero-order valence-corrected chi connectivity index (χ0v) is 27.8. The van der Waals surface area contributed by atoms with E-state index in [1.54, 1.807) is 48.5 Å². The predicted molar refractivity (Wildman–Crippen MR) is 196 cm³/mol. The average Bonchev–Trinajstić information content (AvgIpc) is 3.14. The van der Waals surface area contributed by atoms with E-state index in [4.69, 9.17) is 17.2 Å². The molecule has 5 aromatic carbocycles. The number of benzene rings is 5. The molecule has 2 unspecified atom stereocenters. The number of nitrogens with two attached hydrogens (primary N) is 3. The fourth-order valence-corrected chi connectivity index (χ4v) is 5.54. The van der Waals surface area contributed by atoms with Crippen molar-refractivity contribution in [3.05, 3.63) is 173 Å². The van der Waals surface area contributed by atoms with Crippen molar-refractivity contribution in [1.29, 1.82) is 0 Å². The van der Waals surface area contributed by atoms with E-state index in [2.05, 4.69) is 15.6 Å². The maximum Gasteiger partial charge on any atom is 0.247 e. The molecule has 10 heteroatoms. The van der Waals surface area contributed by atoms with Gasteiger partial charge in [0.25, 0.3) is 0 Å². The normalized spacial score (nSPS) is 12.5. The highest BCUT2D eigenvalue weighted by atomic mass is 16.2. The molecule has 5 aromatic rings. The molecule has 50 heavy (non-hydrogen) atoms. The van der Waals surface area contributed by atoms with Gasteiger partial charge in [-0.3, -0.25) is 14.4 Å². The summed E-state index contributed by atoms with van der Waals surface area (Å²) in [7, 11) is 1.85. The summed E-state index contributed by atoms with van der Waals surface area (Å²) in [6, 6.07) is 40.8. The van der Waals surface area contributed by atoms with Crippen molar-refractivity contribution < 1.29 is 14.4 Å². The highest BCUT2D eigenvalue weighted by Crippen LogP contribution is 2.27. The fourth-order valence-electron chi connectivity index (χ4n) is 5.54. The Morgan fingerprint density at radius 1 is 0.660 bits per heavy atom. The Morgan fingerprint density at radius 2 is 1.22 bits per heavy atom. The Hall–Kier alpha value is -6.26. The summed E-state index contributed by atoms with van der Waals surface area (Å²) < 4.78 is 0. The van der Waals surface area contributed by atoms with Crippen LogP contribution in [-0.4, -0.2) is 35.6 Å². The average molecular weight is 668 g/mol. The highest BCUT2D eigenvalue weighted by Gasteiger charge is 2.29. The molecule has 0 aliphatic heterocycles. The van der Waals surface area contributed by atoms with Gasteiger partial charge in [-0.25, -0.2) is 4.99 Å². The van der Waals surface area contributed by atoms with Gasteiger partial charge in [-0.1, -0.05) is 127 Å². The first-order valence-corrected chi connectivity index (χ1v) is 16.2. The Bertz CT molecular complexity index is 1880. The van der Waals surface area contributed by atoms with Crippen LogP contribution in [0.5, 0.6) is 0 Å². The third kappa shape index (κ3) is 9.21. The first kappa shape index (κ1) is 35.1. The second kappa shape index (κ2) is 16.7. The van der Waals surface area contributed by atoms with Crippen LogP contribution >= 0.6 is 0 Å². The van der Waals surface area contributed by atoms with Gasteiger partial charge in [0.15, 0.2) is 5.96 Å². The van der Waals surface area contributed by atoms with Crippen LogP contribution in [0.25, 0.3) is 0 Å². The standard InChI is InChI=1S/C40H41N7O3/c1-47(26-28-12-5-2-6-13-28)40(43)45-33-19-11-18-32(24-33)36(39(50)44-25-27-20-22-31(23-21-27)35(41)37(42)48)46-38(49)34(29-14-7-3-8-15-29)30-16-9-4-10-17-30/h2-24,34-36H,25-26,41H2,1H3,(H2,42,48)(H2,43,45)(H,44,50)(H,46,49). The van der Waals surface area contributed by atoms with Crippen molar-refractivity contribution in [2.45, 2.75) is 31.1 Å². The van der Waals surface area contributed by atoms with Crippen LogP contribution in [0.1, 0.15) is 51.4 Å². The number of carbonyl (C=O) groups is 3. The van der Waals surface area contributed by atoms with Gasteiger partial charge in [-0.2, -0.15) is 0 Å². The van der Waals surface area contributed by atoms with Crippen LogP contribution < -0.4 is 27.8 Å². The van der Waals surface area contributed by atoms with Crippen molar-refractivity contribution in [2.24, 2.45) is 22.2 Å². The van der Waals surface area contributed by atoms with Gasteiger partial charge < -0.3 is 32.7 Å². The number of aliphatic imine (C=N–C) groups is 1. The lowest BCUT2D eigenvalue weighted by atomic mass is 9.90. The molecular formula is C40H41N7O3. The lowest BCUT2D eigenvalue weighted by Gasteiger charge is -2.24. The van der Waals surface area contributed by atoms with E-state index in [-0.39, 0.29) is 12.5 Å². The molecular weight excluding hydrogens is 626 g/mol. The smallest absolute Gasteiger partial charge is 0.247 e. The molecule has 0 saturated carbocycles. The van der Waals surface area contributed by atoms with Crippen LogP contribution in [0.2, 0.25) is 0 Å². The quantitative estimate of drug-likeness (QED) is 0.0911. The number of guanidine groups is 1. The van der Waals surface area contributed by atoms with Crippen LogP contribution in [-0.2, 0) is 27.5 Å². The summed E-state index contributed by atoms with van der Waals surface area (Å²) in [5.41, 5.74) is 22.6. The van der Waals surface area contributed by atoms with E-state index in [0.717, 1.165) is 22.3 Å². The minimum Gasteiger partial charge on any atom is -0.369 e. The molecule has 2 atom stereocenters. The second-order valence-electron chi connectivity index (χ2n) is 11.9. The van der Waals surface area contributed by atoms with E-state index in [0.29, 0.717) is 29.3 Å². The second-order valence-corrected chi connectivity index (χ2v) is 11.9. The van der Waals surface area contributed by atoms with E-state index in [1.165, 1.54) is 0 Å². The molecule has 10 nitrogen and oxygen atoms in total. The van der Waals surface area contributed by atoms with Crippen molar-refractivity contribution in [2.75, 3.05) is 7.05 Å². The molecule has 0 heterocycles. The van der Waals surface area contributed by atoms with Crippen LogP contribution in [0.3, 0.4) is 0 Å². The number of carbonyl (C=O) groups excluding carboxylic acids is 3. The zero-order chi connectivity index (χ0) is 35.5. The third-order valence-electron chi connectivity index (χ3n) is 8.29. The van der Waals surface area contributed by atoms with Gasteiger partial charge in [0.1, 0.15) is 12.1 Å². The van der Waals surface area contributed by atoms with Crippen LogP contribution in [0.15, 0.2) is 145 Å². The minimum absolute atomic E-state index is 0.160. The van der Waals surface area contributed by atoms with Crippen molar-refractivity contribution in [3.63, 3.8) is 0 Å². The van der Waals surface area contributed by atoms with Gasteiger partial charge in [-0.15, -0.1) is 0 Å². The molecule has 8 N–H and O–H groups in total. The molecule has 5 rings (SSSR count). The van der Waals surface area contributed by atoms with Gasteiger partial charge in [0.2, 0.25) is 17.7 Å². The third-order valence-corrected chi connectivity index (χ3v) is 8.29. The number of hydrogen-bond acceptors (Lipinski definition) is 5. The Labute approximate surface area is 292 Å². The molecule has 0 radical (unpaired) electrons. The van der Waals surface area contributed by atoms with Gasteiger partial charge in [0.05, 0.1) is 11.6 Å². The summed E-state index contributed by atoms with van der Waals surface area (Å²) in [6.45, 7) is 0.722. The summed E-state index contributed by atoms with van der Waals surface area (Å²) >= 11 is 0. The first-order chi connectivity index (χ1) is 24.2. The van der Waals surface area contributed by atoms with Gasteiger partial charge >= 0.3 is 0 Å². The van der Waals surface area contributed by atoms with E-state index < -0.39 is 29.8 Å². The molecule has 0 aromatic heterocycles. The van der Waals surface area contributed by atoms with E-state index >= 15 is 0 Å². The molecule has 0 aliphatic rings. The summed E-state index contributed by atoms with van der Waals surface area (Å²) in [5, 5.41) is 5.98. The highest BCUT2D eigenvalue weighted by molar-refractivity contribution is 5.93. The largest absolute Gasteiger partial charge is 0.369 e. The summed E-state index contributed by atoms with van der Waals surface area (Å²) in [4.78, 5) is 46.1. The zero-order valence-electron chi connectivity index (χ0n) is 27.8. The lowest BCUT2D eigenvalue weighted by Crippen LogP contribution is -2.42. The van der Waals surface area contributed by atoms with E-state index in [9.17, 15) is 14.4 Å². The predicted octanol–water partition coefficient (Wildman–Crippen LogP) is 4.56. The SMILES string of the molecule is CN(Cc1ccccc1)C(N)=Nc1cccc(C(NC(=O)C(c2ccccc2)c2ccccc2)C(=O)NCc2ccc(C(N)C(N)=O)cc2)c1. The Balaban J connectivity index is 1.42. The molecule has 3 amide bonds.